The van der Waals surface area contributed by atoms with Gasteiger partial charge in [-0.1, -0.05) is 29.8 Å². The minimum atomic E-state index is -4.63. The van der Waals surface area contributed by atoms with Crippen molar-refractivity contribution in [3.63, 3.8) is 0 Å². The molecule has 20 heavy (non-hydrogen) atoms. The summed E-state index contributed by atoms with van der Waals surface area (Å²) in [7, 11) is 0. The lowest BCUT2D eigenvalue weighted by Crippen LogP contribution is -2.17. The number of allylic oxidation sites excluding steroid dienone is 1. The van der Waals surface area contributed by atoms with Crippen LogP contribution in [0, 0.1) is 5.92 Å². The van der Waals surface area contributed by atoms with Crippen LogP contribution in [0.3, 0.4) is 0 Å². The number of benzene rings is 1. The van der Waals surface area contributed by atoms with Gasteiger partial charge in [0, 0.05) is 5.54 Å². The Morgan fingerprint density at radius 3 is 2.15 bits per heavy atom. The van der Waals surface area contributed by atoms with Crippen LogP contribution in [0.25, 0.3) is 0 Å². The molecular weight excluding hydrogens is 289 g/mol. The highest BCUT2D eigenvalue weighted by molar-refractivity contribution is 6.25. The third kappa shape index (κ3) is 4.44. The normalized spacial score (nSPS) is 24.0. The number of ether oxygens (including phenoxy) is 1. The maximum atomic E-state index is 12.1. The summed E-state index contributed by atoms with van der Waals surface area (Å²) in [6, 6.07) is 6.22. The van der Waals surface area contributed by atoms with Crippen molar-refractivity contribution in [2.45, 2.75) is 38.0 Å². The molecule has 0 aliphatic heterocycles. The molecule has 0 N–H and O–H groups in total. The quantitative estimate of drug-likeness (QED) is 0.705. The van der Waals surface area contributed by atoms with Crippen LogP contribution in [-0.2, 0) is 0 Å². The van der Waals surface area contributed by atoms with Crippen LogP contribution in [0.4, 0.5) is 13.2 Å². The monoisotopic (exact) mass is 304 g/mol. The van der Waals surface area contributed by atoms with Gasteiger partial charge in [-0.2, -0.15) is 0 Å². The number of hydrogen-bond acceptors (Lipinski definition) is 1. The van der Waals surface area contributed by atoms with Crippen LogP contribution in [0.15, 0.2) is 35.9 Å². The molecule has 0 aromatic heterocycles. The fourth-order valence-corrected chi connectivity index (χ4v) is 2.90. The van der Waals surface area contributed by atoms with Crippen molar-refractivity contribution in [3.05, 3.63) is 41.4 Å². The Balaban J connectivity index is 1.94. The summed E-state index contributed by atoms with van der Waals surface area (Å²) < 4.78 is 40.1. The van der Waals surface area contributed by atoms with E-state index in [4.69, 9.17) is 11.6 Å². The Morgan fingerprint density at radius 1 is 1.05 bits per heavy atom. The van der Waals surface area contributed by atoms with E-state index in [1.807, 2.05) is 6.08 Å². The highest BCUT2D eigenvalue weighted by Gasteiger charge is 2.31. The maximum Gasteiger partial charge on any atom is 0.573 e. The van der Waals surface area contributed by atoms with E-state index in [9.17, 15) is 13.2 Å². The lowest BCUT2D eigenvalue weighted by Gasteiger charge is -2.27. The van der Waals surface area contributed by atoms with Crippen molar-refractivity contribution in [2.24, 2.45) is 5.92 Å². The molecule has 1 aromatic rings. The van der Waals surface area contributed by atoms with Gasteiger partial charge in [0.05, 0.1) is 0 Å². The Labute approximate surface area is 121 Å². The van der Waals surface area contributed by atoms with Gasteiger partial charge in [-0.25, -0.2) is 0 Å². The topological polar surface area (TPSA) is 9.23 Å². The molecule has 0 amide bonds. The van der Waals surface area contributed by atoms with Crippen LogP contribution in [-0.4, -0.2) is 6.36 Å². The predicted octanol–water partition coefficient (Wildman–Crippen LogP) is 5.61. The zero-order valence-corrected chi connectivity index (χ0v) is 11.6. The van der Waals surface area contributed by atoms with Crippen LogP contribution in [0.1, 0.15) is 37.2 Å². The molecule has 0 radical (unpaired) electrons. The number of rotatable bonds is 3. The second-order valence-electron chi connectivity index (χ2n) is 5.05. The maximum absolute atomic E-state index is 12.1. The zero-order chi connectivity index (χ0) is 14.6. The molecule has 110 valence electrons. The van der Waals surface area contributed by atoms with Crippen LogP contribution in [0.5, 0.6) is 5.75 Å². The fourth-order valence-electron chi connectivity index (χ4n) is 2.69. The highest BCUT2D eigenvalue weighted by Crippen LogP contribution is 2.37. The smallest absolute Gasteiger partial charge is 0.406 e. The molecule has 5 heteroatoms. The molecule has 1 aromatic carbocycles. The molecule has 1 aliphatic rings. The highest BCUT2D eigenvalue weighted by atomic mass is 35.5. The molecule has 0 heterocycles. The summed E-state index contributed by atoms with van der Waals surface area (Å²) in [6.07, 6.45) is 1.58. The van der Waals surface area contributed by atoms with Crippen LogP contribution in [0.2, 0.25) is 0 Å². The first-order valence-corrected chi connectivity index (χ1v) is 7.04. The van der Waals surface area contributed by atoms with Gasteiger partial charge in [0.2, 0.25) is 0 Å². The van der Waals surface area contributed by atoms with E-state index < -0.39 is 6.36 Å². The van der Waals surface area contributed by atoms with Gasteiger partial charge >= 0.3 is 6.36 Å². The molecule has 0 saturated heterocycles. The molecule has 0 atom stereocenters. The van der Waals surface area contributed by atoms with E-state index in [2.05, 4.69) is 4.74 Å². The first-order chi connectivity index (χ1) is 9.48. The third-order valence-corrected chi connectivity index (χ3v) is 3.85. The summed E-state index contributed by atoms with van der Waals surface area (Å²) in [5.41, 5.74) is 2.64. The Bertz CT molecular complexity index is 445. The van der Waals surface area contributed by atoms with Crippen LogP contribution >= 0.6 is 11.6 Å². The lowest BCUT2D eigenvalue weighted by atomic mass is 9.79. The van der Waals surface area contributed by atoms with Gasteiger partial charge in [-0.05, 0) is 55.2 Å². The predicted molar refractivity (Wildman–Crippen MR) is 72.8 cm³/mol. The van der Waals surface area contributed by atoms with Crippen molar-refractivity contribution in [1.82, 2.24) is 0 Å². The standard InChI is InChI=1S/C15H16ClF3O/c16-10-9-11-1-3-12(4-2-11)13-5-7-14(8-6-13)20-15(17,18)19/h5-12H,1-4H2/b10-9+/t11-,12-. The van der Waals surface area contributed by atoms with Gasteiger partial charge in [0.1, 0.15) is 5.75 Å². The van der Waals surface area contributed by atoms with Gasteiger partial charge in [0.15, 0.2) is 0 Å². The Morgan fingerprint density at radius 2 is 1.65 bits per heavy atom. The average molecular weight is 305 g/mol. The Hall–Kier alpha value is -1.16. The average Bonchev–Trinajstić information content (AvgIpc) is 2.39. The van der Waals surface area contributed by atoms with Crippen LogP contribution < -0.4 is 4.74 Å². The summed E-state index contributed by atoms with van der Waals surface area (Å²) in [6.45, 7) is 0. The molecule has 1 aliphatic carbocycles. The fraction of sp³-hybridized carbons (Fsp3) is 0.467. The van der Waals surface area contributed by atoms with Gasteiger partial charge < -0.3 is 4.74 Å². The molecular formula is C15H16ClF3O. The molecule has 1 saturated carbocycles. The first-order valence-electron chi connectivity index (χ1n) is 6.60. The zero-order valence-electron chi connectivity index (χ0n) is 10.9. The molecule has 1 fully saturated rings. The molecule has 0 unspecified atom stereocenters. The SMILES string of the molecule is FC(F)(F)Oc1ccc([C@H]2CC[C@H](/C=C/Cl)CC2)cc1. The molecule has 0 spiro atoms. The van der Waals surface area contributed by atoms with Gasteiger partial charge in [0.25, 0.3) is 0 Å². The summed E-state index contributed by atoms with van der Waals surface area (Å²) in [5.74, 6) is 0.770. The first kappa shape index (κ1) is 15.2. The van der Waals surface area contributed by atoms with E-state index in [1.165, 1.54) is 12.1 Å². The van der Waals surface area contributed by atoms with E-state index in [-0.39, 0.29) is 5.75 Å². The summed E-state index contributed by atoms with van der Waals surface area (Å²) in [5, 5.41) is 0. The minimum Gasteiger partial charge on any atom is -0.406 e. The summed E-state index contributed by atoms with van der Waals surface area (Å²) >= 11 is 5.57. The van der Waals surface area contributed by atoms with E-state index in [0.717, 1.165) is 31.2 Å². The second-order valence-corrected chi connectivity index (χ2v) is 5.30. The molecule has 0 bridgehead atoms. The lowest BCUT2D eigenvalue weighted by molar-refractivity contribution is -0.274. The number of alkyl halides is 3. The molecule has 1 nitrogen and oxygen atoms in total. The van der Waals surface area contributed by atoms with E-state index >= 15 is 0 Å². The van der Waals surface area contributed by atoms with E-state index in [0.29, 0.717) is 11.8 Å². The Kier molecular flexibility index (Phi) is 4.97. The third-order valence-electron chi connectivity index (χ3n) is 3.70. The molecule has 2 rings (SSSR count). The number of hydrogen-bond donors (Lipinski definition) is 0. The van der Waals surface area contributed by atoms with Gasteiger partial charge in [-0.3, -0.25) is 0 Å². The minimum absolute atomic E-state index is 0.167. The number of halogens is 4. The second kappa shape index (κ2) is 6.53. The van der Waals surface area contributed by atoms with Crippen molar-refractivity contribution in [3.8, 4) is 5.75 Å². The van der Waals surface area contributed by atoms with Crippen molar-refractivity contribution in [2.75, 3.05) is 0 Å². The van der Waals surface area contributed by atoms with Crippen molar-refractivity contribution in [1.29, 1.82) is 0 Å². The van der Waals surface area contributed by atoms with Crippen molar-refractivity contribution >= 4 is 11.6 Å². The van der Waals surface area contributed by atoms with E-state index in [1.54, 1.807) is 17.7 Å². The largest absolute Gasteiger partial charge is 0.573 e. The van der Waals surface area contributed by atoms with Crippen molar-refractivity contribution < 1.29 is 17.9 Å². The van der Waals surface area contributed by atoms with Gasteiger partial charge in [-0.15, -0.1) is 13.2 Å². The summed E-state index contributed by atoms with van der Waals surface area (Å²) in [4.78, 5) is 0.